The van der Waals surface area contributed by atoms with Crippen LogP contribution in [-0.2, 0) is 7.05 Å². The predicted molar refractivity (Wildman–Crippen MR) is 45.2 cm³/mol. The van der Waals surface area contributed by atoms with Crippen LogP contribution in [0.25, 0.3) is 0 Å². The number of pyridine rings is 1. The van der Waals surface area contributed by atoms with Crippen LogP contribution in [0.3, 0.4) is 0 Å². The maximum atomic E-state index is 11.3. The van der Waals surface area contributed by atoms with E-state index < -0.39 is 11.5 Å². The first-order valence-corrected chi connectivity index (χ1v) is 3.55. The molecule has 0 aromatic carbocycles. The van der Waals surface area contributed by atoms with Crippen molar-refractivity contribution in [3.05, 3.63) is 28.2 Å². The summed E-state index contributed by atoms with van der Waals surface area (Å²) < 4.78 is 5.96. The standard InChI is InChI=1S/C8H9NO4/c1-9-4-3-5(8(11)12)6(13-2)7(9)10/h3-4H,1-2H3,(H,11,12). The molecule has 1 heterocycles. The van der Waals surface area contributed by atoms with Crippen molar-refractivity contribution in [2.75, 3.05) is 7.11 Å². The van der Waals surface area contributed by atoms with Crippen molar-refractivity contribution < 1.29 is 14.6 Å². The molecule has 0 unspecified atom stereocenters. The smallest absolute Gasteiger partial charge is 0.339 e. The highest BCUT2D eigenvalue weighted by molar-refractivity contribution is 5.90. The lowest BCUT2D eigenvalue weighted by Crippen LogP contribution is -2.20. The van der Waals surface area contributed by atoms with E-state index in [0.717, 1.165) is 0 Å². The molecule has 0 atom stereocenters. The van der Waals surface area contributed by atoms with Crippen molar-refractivity contribution in [1.82, 2.24) is 4.57 Å². The average molecular weight is 183 g/mol. The highest BCUT2D eigenvalue weighted by Crippen LogP contribution is 2.10. The van der Waals surface area contributed by atoms with E-state index in [2.05, 4.69) is 0 Å². The summed E-state index contributed by atoms with van der Waals surface area (Å²) in [5, 5.41) is 8.68. The minimum Gasteiger partial charge on any atom is -0.490 e. The quantitative estimate of drug-likeness (QED) is 0.705. The number of rotatable bonds is 2. The molecular weight excluding hydrogens is 174 g/mol. The Bertz CT molecular complexity index is 394. The van der Waals surface area contributed by atoms with Gasteiger partial charge in [0.25, 0.3) is 5.56 Å². The highest BCUT2D eigenvalue weighted by atomic mass is 16.5. The Hall–Kier alpha value is -1.78. The molecule has 1 aromatic rings. The van der Waals surface area contributed by atoms with Crippen LogP contribution in [-0.4, -0.2) is 22.8 Å². The maximum Gasteiger partial charge on any atom is 0.339 e. The van der Waals surface area contributed by atoms with E-state index in [4.69, 9.17) is 9.84 Å². The van der Waals surface area contributed by atoms with Crippen molar-refractivity contribution in [2.45, 2.75) is 0 Å². The number of carbonyl (C=O) groups is 1. The first kappa shape index (κ1) is 9.31. The lowest BCUT2D eigenvalue weighted by Gasteiger charge is -2.04. The highest BCUT2D eigenvalue weighted by Gasteiger charge is 2.14. The molecule has 0 aliphatic rings. The summed E-state index contributed by atoms with van der Waals surface area (Å²) in [5.41, 5.74) is -0.576. The van der Waals surface area contributed by atoms with Crippen molar-refractivity contribution in [3.63, 3.8) is 0 Å². The molecule has 1 N–H and O–H groups in total. The number of ether oxygens (including phenoxy) is 1. The Balaban J connectivity index is 3.48. The largest absolute Gasteiger partial charge is 0.490 e. The van der Waals surface area contributed by atoms with Crippen LogP contribution >= 0.6 is 0 Å². The zero-order chi connectivity index (χ0) is 10.0. The molecule has 0 spiro atoms. The van der Waals surface area contributed by atoms with Gasteiger partial charge in [0.15, 0.2) is 5.75 Å². The summed E-state index contributed by atoms with van der Waals surface area (Å²) in [4.78, 5) is 21.9. The number of methoxy groups -OCH3 is 1. The topological polar surface area (TPSA) is 68.5 Å². The summed E-state index contributed by atoms with van der Waals surface area (Å²) in [5.74, 6) is -1.31. The van der Waals surface area contributed by atoms with E-state index in [1.54, 1.807) is 0 Å². The van der Waals surface area contributed by atoms with Gasteiger partial charge in [-0.1, -0.05) is 0 Å². The van der Waals surface area contributed by atoms with Crippen LogP contribution in [0.4, 0.5) is 0 Å². The van der Waals surface area contributed by atoms with Gasteiger partial charge in [-0.15, -0.1) is 0 Å². The first-order valence-electron chi connectivity index (χ1n) is 3.55. The maximum absolute atomic E-state index is 11.3. The van der Waals surface area contributed by atoms with Crippen molar-refractivity contribution in [1.29, 1.82) is 0 Å². The fourth-order valence-corrected chi connectivity index (χ4v) is 0.971. The van der Waals surface area contributed by atoms with Crippen LogP contribution in [0.15, 0.2) is 17.1 Å². The Morgan fingerprint density at radius 2 is 2.23 bits per heavy atom. The summed E-state index contributed by atoms with van der Waals surface area (Å²) in [6.07, 6.45) is 1.38. The summed E-state index contributed by atoms with van der Waals surface area (Å²) >= 11 is 0. The Morgan fingerprint density at radius 1 is 1.62 bits per heavy atom. The lowest BCUT2D eigenvalue weighted by molar-refractivity contribution is 0.0692. The third kappa shape index (κ3) is 1.53. The molecule has 0 saturated carbocycles. The normalized spacial score (nSPS) is 9.69. The van der Waals surface area contributed by atoms with Gasteiger partial charge in [-0.05, 0) is 6.07 Å². The first-order chi connectivity index (χ1) is 6.07. The molecule has 0 saturated heterocycles. The number of hydrogen-bond acceptors (Lipinski definition) is 3. The molecular formula is C8H9NO4. The zero-order valence-corrected chi connectivity index (χ0v) is 7.27. The summed E-state index contributed by atoms with van der Waals surface area (Å²) in [7, 11) is 2.79. The van der Waals surface area contributed by atoms with Gasteiger partial charge in [-0.3, -0.25) is 4.79 Å². The number of carboxylic acids is 1. The SMILES string of the molecule is COc1c(C(=O)O)ccn(C)c1=O. The van der Waals surface area contributed by atoms with Crippen LogP contribution in [0.5, 0.6) is 5.75 Å². The lowest BCUT2D eigenvalue weighted by atomic mass is 10.2. The van der Waals surface area contributed by atoms with Crippen molar-refractivity contribution in [2.24, 2.45) is 7.05 Å². The Morgan fingerprint density at radius 3 is 2.69 bits per heavy atom. The molecule has 0 amide bonds. The molecule has 1 rings (SSSR count). The number of nitrogens with zero attached hydrogens (tertiary/aromatic N) is 1. The fourth-order valence-electron chi connectivity index (χ4n) is 0.971. The van der Waals surface area contributed by atoms with Crippen LogP contribution < -0.4 is 10.3 Å². The number of aryl methyl sites for hydroxylation is 1. The van der Waals surface area contributed by atoms with E-state index in [-0.39, 0.29) is 11.3 Å². The minimum absolute atomic E-state index is 0.120. The number of aromatic carboxylic acids is 1. The molecule has 0 radical (unpaired) electrons. The molecule has 0 fully saturated rings. The van der Waals surface area contributed by atoms with Gasteiger partial charge < -0.3 is 14.4 Å². The molecule has 5 nitrogen and oxygen atoms in total. The van der Waals surface area contributed by atoms with Gasteiger partial charge >= 0.3 is 5.97 Å². The second-order valence-corrected chi connectivity index (χ2v) is 2.48. The molecule has 1 aromatic heterocycles. The number of hydrogen-bond donors (Lipinski definition) is 1. The molecule has 0 aliphatic heterocycles. The Labute approximate surface area is 74.2 Å². The Kier molecular flexibility index (Phi) is 2.36. The minimum atomic E-state index is -1.17. The van der Waals surface area contributed by atoms with Crippen molar-refractivity contribution >= 4 is 5.97 Å². The van der Waals surface area contributed by atoms with E-state index in [1.807, 2.05) is 0 Å². The van der Waals surface area contributed by atoms with E-state index in [9.17, 15) is 9.59 Å². The molecule has 5 heteroatoms. The van der Waals surface area contributed by atoms with Crippen LogP contribution in [0, 0.1) is 0 Å². The molecule has 13 heavy (non-hydrogen) atoms. The fraction of sp³-hybridized carbons (Fsp3) is 0.250. The third-order valence-corrected chi connectivity index (χ3v) is 1.66. The van der Waals surface area contributed by atoms with E-state index in [1.165, 1.54) is 31.0 Å². The van der Waals surface area contributed by atoms with Gasteiger partial charge in [-0.25, -0.2) is 4.79 Å². The van der Waals surface area contributed by atoms with Gasteiger partial charge in [0.05, 0.1) is 7.11 Å². The molecule has 0 aliphatic carbocycles. The monoisotopic (exact) mass is 183 g/mol. The van der Waals surface area contributed by atoms with Crippen molar-refractivity contribution in [3.8, 4) is 5.75 Å². The second-order valence-electron chi connectivity index (χ2n) is 2.48. The van der Waals surface area contributed by atoms with Gasteiger partial charge in [0, 0.05) is 13.2 Å². The van der Waals surface area contributed by atoms with Crippen LogP contribution in [0.1, 0.15) is 10.4 Å². The molecule has 70 valence electrons. The third-order valence-electron chi connectivity index (χ3n) is 1.66. The van der Waals surface area contributed by atoms with Gasteiger partial charge in [-0.2, -0.15) is 0 Å². The van der Waals surface area contributed by atoms with Gasteiger partial charge in [0.2, 0.25) is 0 Å². The summed E-state index contributed by atoms with van der Waals surface area (Å²) in [6.45, 7) is 0. The molecule has 0 bridgehead atoms. The zero-order valence-electron chi connectivity index (χ0n) is 7.27. The second kappa shape index (κ2) is 3.30. The predicted octanol–water partition coefficient (Wildman–Crippen LogP) is 0.0921. The van der Waals surface area contributed by atoms with Gasteiger partial charge in [0.1, 0.15) is 5.56 Å². The van der Waals surface area contributed by atoms with E-state index >= 15 is 0 Å². The van der Waals surface area contributed by atoms with Crippen LogP contribution in [0.2, 0.25) is 0 Å². The summed E-state index contributed by atoms with van der Waals surface area (Å²) in [6, 6.07) is 1.32. The number of aromatic nitrogens is 1. The number of carboxylic acid groups (broad SMARTS) is 1. The van der Waals surface area contributed by atoms with E-state index in [0.29, 0.717) is 0 Å². The average Bonchev–Trinajstić information content (AvgIpc) is 2.09.